The quantitative estimate of drug-likeness (QED) is 0.903. The van der Waals surface area contributed by atoms with Gasteiger partial charge in [0.15, 0.2) is 0 Å². The van der Waals surface area contributed by atoms with E-state index in [0.29, 0.717) is 0 Å². The fourth-order valence-electron chi connectivity index (χ4n) is 3.81. The van der Waals surface area contributed by atoms with E-state index in [1.165, 1.54) is 31.2 Å². The van der Waals surface area contributed by atoms with Crippen LogP contribution in [0.4, 0.5) is 0 Å². The lowest BCUT2D eigenvalue weighted by Gasteiger charge is -2.29. The largest absolute Gasteiger partial charge is 0.385 e. The van der Waals surface area contributed by atoms with E-state index in [1.54, 1.807) is 0 Å². The van der Waals surface area contributed by atoms with E-state index >= 15 is 0 Å². The molecule has 1 aromatic carbocycles. The van der Waals surface area contributed by atoms with Crippen LogP contribution in [0.3, 0.4) is 0 Å². The van der Waals surface area contributed by atoms with E-state index in [-0.39, 0.29) is 0 Å². The molecule has 1 unspecified atom stereocenters. The molecule has 1 aliphatic heterocycles. The lowest BCUT2D eigenvalue weighted by Crippen LogP contribution is -2.29. The number of benzene rings is 1. The molecule has 1 atom stereocenters. The predicted molar refractivity (Wildman–Crippen MR) is 87.5 cm³/mol. The number of hydrogen-bond acceptors (Lipinski definition) is 2. The summed E-state index contributed by atoms with van der Waals surface area (Å²) in [6.45, 7) is 5.55. The molecule has 1 saturated carbocycles. The Hall–Kier alpha value is -0.860. The van der Waals surface area contributed by atoms with Gasteiger partial charge in [0.1, 0.15) is 0 Å². The summed E-state index contributed by atoms with van der Waals surface area (Å²) >= 11 is 0. The van der Waals surface area contributed by atoms with Gasteiger partial charge < -0.3 is 10.0 Å². The van der Waals surface area contributed by atoms with Crippen molar-refractivity contribution in [2.45, 2.75) is 63.4 Å². The first-order chi connectivity index (χ1) is 10.2. The lowest BCUT2D eigenvalue weighted by molar-refractivity contribution is 0.0212. The maximum absolute atomic E-state index is 11.1. The van der Waals surface area contributed by atoms with Crippen molar-refractivity contribution in [1.82, 2.24) is 4.90 Å². The van der Waals surface area contributed by atoms with Crippen molar-refractivity contribution in [2.75, 3.05) is 19.6 Å². The summed E-state index contributed by atoms with van der Waals surface area (Å²) < 4.78 is 0. The first-order valence-electron chi connectivity index (χ1n) is 8.76. The van der Waals surface area contributed by atoms with Gasteiger partial charge >= 0.3 is 0 Å². The Kier molecular flexibility index (Phi) is 4.66. The third kappa shape index (κ3) is 3.32. The van der Waals surface area contributed by atoms with Gasteiger partial charge in [-0.05, 0) is 68.7 Å². The smallest absolute Gasteiger partial charge is 0.0909 e. The molecule has 0 spiro atoms. The van der Waals surface area contributed by atoms with E-state index in [1.807, 2.05) is 0 Å². The molecule has 116 valence electrons. The first kappa shape index (κ1) is 15.1. The van der Waals surface area contributed by atoms with Crippen LogP contribution in [-0.4, -0.2) is 29.6 Å². The van der Waals surface area contributed by atoms with Gasteiger partial charge in [0.25, 0.3) is 0 Å². The minimum atomic E-state index is -0.610. The van der Waals surface area contributed by atoms with E-state index in [9.17, 15) is 5.11 Å². The third-order valence-corrected chi connectivity index (χ3v) is 5.47. The van der Waals surface area contributed by atoms with E-state index in [2.05, 4.69) is 36.1 Å². The molecule has 2 nitrogen and oxygen atoms in total. The lowest BCUT2D eigenvalue weighted by atomic mass is 9.79. The van der Waals surface area contributed by atoms with Gasteiger partial charge in [-0.2, -0.15) is 0 Å². The number of nitrogens with zero attached hydrogens (tertiary/aromatic N) is 1. The van der Waals surface area contributed by atoms with Crippen LogP contribution in [0, 0.1) is 0 Å². The van der Waals surface area contributed by atoms with Crippen molar-refractivity contribution in [3.8, 4) is 0 Å². The molecule has 1 heterocycles. The monoisotopic (exact) mass is 287 g/mol. The van der Waals surface area contributed by atoms with Gasteiger partial charge in [-0.1, -0.05) is 37.6 Å². The Morgan fingerprint density at radius 2 is 1.86 bits per heavy atom. The topological polar surface area (TPSA) is 23.5 Å². The van der Waals surface area contributed by atoms with Crippen LogP contribution in [0.25, 0.3) is 0 Å². The highest BCUT2D eigenvalue weighted by Gasteiger charge is 2.32. The predicted octanol–water partition coefficient (Wildman–Crippen LogP) is 4.04. The highest BCUT2D eigenvalue weighted by atomic mass is 16.3. The van der Waals surface area contributed by atoms with Crippen molar-refractivity contribution in [1.29, 1.82) is 0 Å². The Morgan fingerprint density at radius 3 is 2.48 bits per heavy atom. The van der Waals surface area contributed by atoms with Gasteiger partial charge in [-0.25, -0.2) is 0 Å². The Bertz CT molecular complexity index is 451. The van der Waals surface area contributed by atoms with Crippen LogP contribution in [0.15, 0.2) is 24.3 Å². The molecule has 2 aliphatic rings. The van der Waals surface area contributed by atoms with Crippen LogP contribution in [0.5, 0.6) is 0 Å². The summed E-state index contributed by atoms with van der Waals surface area (Å²) in [5.74, 6) is 0.780. The first-order valence-corrected chi connectivity index (χ1v) is 8.76. The molecule has 2 fully saturated rings. The summed E-state index contributed by atoms with van der Waals surface area (Å²) in [6, 6.07) is 8.88. The molecular weight excluding hydrogens is 258 g/mol. The average Bonchev–Trinajstić information content (AvgIpc) is 2.62. The van der Waals surface area contributed by atoms with Gasteiger partial charge in [0.05, 0.1) is 5.60 Å². The summed E-state index contributed by atoms with van der Waals surface area (Å²) in [6.07, 6.45) is 8.13. The van der Waals surface area contributed by atoms with Crippen molar-refractivity contribution >= 4 is 0 Å². The van der Waals surface area contributed by atoms with E-state index < -0.39 is 5.60 Å². The van der Waals surface area contributed by atoms with Crippen LogP contribution in [0.2, 0.25) is 0 Å². The van der Waals surface area contributed by atoms with Crippen molar-refractivity contribution < 1.29 is 5.11 Å². The summed E-state index contributed by atoms with van der Waals surface area (Å²) in [5, 5.41) is 11.1. The number of hydrogen-bond donors (Lipinski definition) is 1. The molecule has 1 aliphatic carbocycles. The average molecular weight is 287 g/mol. The third-order valence-electron chi connectivity index (χ3n) is 5.47. The maximum Gasteiger partial charge on any atom is 0.0909 e. The molecule has 21 heavy (non-hydrogen) atoms. The van der Waals surface area contributed by atoms with Gasteiger partial charge in [0, 0.05) is 6.54 Å². The standard InChI is InChI=1S/C19H29NO/c1-2-13-20-14-4-11-19(21,12-15-20)18-9-7-17(8-10-18)16-5-3-6-16/h7-10,16,21H,2-6,11-15H2,1H3. The molecule has 3 rings (SSSR count). The van der Waals surface area contributed by atoms with Crippen LogP contribution >= 0.6 is 0 Å². The van der Waals surface area contributed by atoms with Crippen LogP contribution in [-0.2, 0) is 5.60 Å². The van der Waals surface area contributed by atoms with Gasteiger partial charge in [-0.15, -0.1) is 0 Å². The molecule has 2 heteroatoms. The second-order valence-electron chi connectivity index (χ2n) is 6.98. The van der Waals surface area contributed by atoms with Gasteiger partial charge in [0.2, 0.25) is 0 Å². The molecule has 1 aromatic rings. The molecule has 1 saturated heterocycles. The number of likely N-dealkylation sites (tertiary alicyclic amines) is 1. The Morgan fingerprint density at radius 1 is 1.10 bits per heavy atom. The zero-order chi connectivity index (χ0) is 14.7. The van der Waals surface area contributed by atoms with Crippen molar-refractivity contribution in [2.24, 2.45) is 0 Å². The highest BCUT2D eigenvalue weighted by Crippen LogP contribution is 2.38. The molecule has 0 bridgehead atoms. The second-order valence-corrected chi connectivity index (χ2v) is 6.98. The van der Waals surface area contributed by atoms with Gasteiger partial charge in [-0.3, -0.25) is 0 Å². The van der Waals surface area contributed by atoms with E-state index in [0.717, 1.165) is 50.4 Å². The number of rotatable bonds is 4. The van der Waals surface area contributed by atoms with Crippen molar-refractivity contribution in [3.63, 3.8) is 0 Å². The fourth-order valence-corrected chi connectivity index (χ4v) is 3.81. The summed E-state index contributed by atoms with van der Waals surface area (Å²) in [4.78, 5) is 2.50. The summed E-state index contributed by atoms with van der Waals surface area (Å²) in [5.41, 5.74) is 1.99. The molecule has 0 radical (unpaired) electrons. The summed E-state index contributed by atoms with van der Waals surface area (Å²) in [7, 11) is 0. The van der Waals surface area contributed by atoms with Crippen molar-refractivity contribution in [3.05, 3.63) is 35.4 Å². The van der Waals surface area contributed by atoms with Crippen LogP contribution in [0.1, 0.15) is 68.9 Å². The van der Waals surface area contributed by atoms with Crippen LogP contribution < -0.4 is 0 Å². The minimum absolute atomic E-state index is 0.610. The molecule has 0 aromatic heterocycles. The Balaban J connectivity index is 1.69. The zero-order valence-corrected chi connectivity index (χ0v) is 13.4. The Labute approximate surface area is 129 Å². The maximum atomic E-state index is 11.1. The number of aliphatic hydroxyl groups is 1. The normalized spacial score (nSPS) is 28.1. The van der Waals surface area contributed by atoms with E-state index in [4.69, 9.17) is 0 Å². The molecule has 1 N–H and O–H groups in total. The highest BCUT2D eigenvalue weighted by molar-refractivity contribution is 5.30. The second kappa shape index (κ2) is 6.50. The fraction of sp³-hybridized carbons (Fsp3) is 0.684. The zero-order valence-electron chi connectivity index (χ0n) is 13.4. The SMILES string of the molecule is CCCN1CCCC(O)(c2ccc(C3CCC3)cc2)CC1. The minimum Gasteiger partial charge on any atom is -0.385 e. The molecule has 0 amide bonds. The molecular formula is C19H29NO.